The summed E-state index contributed by atoms with van der Waals surface area (Å²) in [6, 6.07) is 9.34. The van der Waals surface area contributed by atoms with Gasteiger partial charge in [0.1, 0.15) is 5.75 Å². The second-order valence-electron chi connectivity index (χ2n) is 5.28. The van der Waals surface area contributed by atoms with Gasteiger partial charge < -0.3 is 15.4 Å². The number of hydrogen-bond donors (Lipinski definition) is 1. The van der Waals surface area contributed by atoms with Crippen LogP contribution in [-0.4, -0.2) is 33.4 Å². The van der Waals surface area contributed by atoms with E-state index < -0.39 is 6.10 Å². The maximum Gasteiger partial charge on any atom is 0.263 e. The Labute approximate surface area is 128 Å². The molecule has 0 fully saturated rings. The molecule has 3 rings (SSSR count). The first kappa shape index (κ1) is 14.3. The predicted octanol–water partition coefficient (Wildman–Crippen LogP) is 1.41. The lowest BCUT2D eigenvalue weighted by Gasteiger charge is -2.30. The molecule has 0 spiro atoms. The maximum atomic E-state index is 12.5. The standard InChI is InChI=1S/C16H18N4O2/c1-11(22-13-5-3-2-4-6-13)15(21)20-8-7-12-9-18-16(17)19-14(12)10-20/h2-6,9,11H,7-8,10H2,1H3,(H2,17,18,19). The van der Waals surface area contributed by atoms with E-state index in [0.29, 0.717) is 18.8 Å². The summed E-state index contributed by atoms with van der Waals surface area (Å²) in [5, 5.41) is 0. The molecule has 6 heteroatoms. The molecule has 114 valence electrons. The van der Waals surface area contributed by atoms with Crippen molar-refractivity contribution in [2.24, 2.45) is 0 Å². The molecule has 1 aliphatic rings. The number of carbonyl (C=O) groups excluding carboxylic acids is 1. The first-order valence-corrected chi connectivity index (χ1v) is 7.24. The molecule has 6 nitrogen and oxygen atoms in total. The minimum absolute atomic E-state index is 0.0494. The van der Waals surface area contributed by atoms with Crippen LogP contribution in [0.25, 0.3) is 0 Å². The van der Waals surface area contributed by atoms with Crippen LogP contribution in [0.5, 0.6) is 5.75 Å². The van der Waals surface area contributed by atoms with Gasteiger partial charge in [0.15, 0.2) is 6.10 Å². The van der Waals surface area contributed by atoms with Crippen LogP contribution in [0.15, 0.2) is 36.5 Å². The zero-order chi connectivity index (χ0) is 15.5. The van der Waals surface area contributed by atoms with Crippen LogP contribution < -0.4 is 10.5 Å². The summed E-state index contributed by atoms with van der Waals surface area (Å²) in [7, 11) is 0. The number of hydrogen-bond acceptors (Lipinski definition) is 5. The van der Waals surface area contributed by atoms with Gasteiger partial charge in [0.25, 0.3) is 5.91 Å². The average molecular weight is 298 g/mol. The van der Waals surface area contributed by atoms with E-state index in [9.17, 15) is 4.79 Å². The molecule has 1 aliphatic heterocycles. The molecule has 1 atom stereocenters. The number of anilines is 1. The zero-order valence-corrected chi connectivity index (χ0v) is 12.4. The highest BCUT2D eigenvalue weighted by Crippen LogP contribution is 2.19. The molecule has 2 aromatic rings. The lowest BCUT2D eigenvalue weighted by Crippen LogP contribution is -2.43. The van der Waals surface area contributed by atoms with Crippen molar-refractivity contribution in [3.63, 3.8) is 0 Å². The third-order valence-corrected chi connectivity index (χ3v) is 3.68. The van der Waals surface area contributed by atoms with E-state index in [0.717, 1.165) is 17.7 Å². The number of fused-ring (bicyclic) bond motifs is 1. The van der Waals surface area contributed by atoms with Crippen molar-refractivity contribution in [2.75, 3.05) is 12.3 Å². The van der Waals surface area contributed by atoms with Crippen LogP contribution in [-0.2, 0) is 17.8 Å². The second-order valence-corrected chi connectivity index (χ2v) is 5.28. The fourth-order valence-corrected chi connectivity index (χ4v) is 2.52. The molecule has 0 aliphatic carbocycles. The number of carbonyl (C=O) groups is 1. The number of para-hydroxylation sites is 1. The average Bonchev–Trinajstić information content (AvgIpc) is 2.54. The Bertz CT molecular complexity index is 675. The summed E-state index contributed by atoms with van der Waals surface area (Å²) in [6.45, 7) is 2.85. The highest BCUT2D eigenvalue weighted by Gasteiger charge is 2.26. The van der Waals surface area contributed by atoms with E-state index >= 15 is 0 Å². The fraction of sp³-hybridized carbons (Fsp3) is 0.312. The smallest absolute Gasteiger partial charge is 0.263 e. The lowest BCUT2D eigenvalue weighted by molar-refractivity contribution is -0.139. The third-order valence-electron chi connectivity index (χ3n) is 3.68. The maximum absolute atomic E-state index is 12.5. The number of ether oxygens (including phenoxy) is 1. The van der Waals surface area contributed by atoms with Crippen LogP contribution in [0.1, 0.15) is 18.2 Å². The van der Waals surface area contributed by atoms with Crippen molar-refractivity contribution in [2.45, 2.75) is 26.0 Å². The molecule has 1 unspecified atom stereocenters. The molecular weight excluding hydrogens is 280 g/mol. The lowest BCUT2D eigenvalue weighted by atomic mass is 10.1. The molecule has 0 saturated heterocycles. The topological polar surface area (TPSA) is 81.3 Å². The fourth-order valence-electron chi connectivity index (χ4n) is 2.52. The van der Waals surface area contributed by atoms with Gasteiger partial charge in [0, 0.05) is 12.7 Å². The van der Waals surface area contributed by atoms with Gasteiger partial charge in [-0.3, -0.25) is 4.79 Å². The van der Waals surface area contributed by atoms with Gasteiger partial charge in [0.05, 0.1) is 12.2 Å². The second kappa shape index (κ2) is 6.01. The zero-order valence-electron chi connectivity index (χ0n) is 12.4. The van der Waals surface area contributed by atoms with E-state index in [-0.39, 0.29) is 11.9 Å². The summed E-state index contributed by atoms with van der Waals surface area (Å²) >= 11 is 0. The van der Waals surface area contributed by atoms with Crippen molar-refractivity contribution in [1.29, 1.82) is 0 Å². The molecule has 2 N–H and O–H groups in total. The van der Waals surface area contributed by atoms with Gasteiger partial charge in [-0.15, -0.1) is 0 Å². The van der Waals surface area contributed by atoms with E-state index in [4.69, 9.17) is 10.5 Å². The van der Waals surface area contributed by atoms with Crippen molar-refractivity contribution >= 4 is 11.9 Å². The minimum Gasteiger partial charge on any atom is -0.481 e. The Hall–Kier alpha value is -2.63. The molecule has 0 bridgehead atoms. The van der Waals surface area contributed by atoms with Crippen LogP contribution in [0.3, 0.4) is 0 Å². The third kappa shape index (κ3) is 3.00. The molecule has 1 aromatic carbocycles. The van der Waals surface area contributed by atoms with Crippen LogP contribution >= 0.6 is 0 Å². The summed E-state index contributed by atoms with van der Waals surface area (Å²) in [5.74, 6) is 0.876. The molecular formula is C16H18N4O2. The molecule has 1 amide bonds. The summed E-state index contributed by atoms with van der Waals surface area (Å²) in [4.78, 5) is 22.5. The van der Waals surface area contributed by atoms with Gasteiger partial charge >= 0.3 is 0 Å². The van der Waals surface area contributed by atoms with Crippen LogP contribution in [0.4, 0.5) is 5.95 Å². The van der Waals surface area contributed by atoms with Crippen LogP contribution in [0, 0.1) is 0 Å². The highest BCUT2D eigenvalue weighted by atomic mass is 16.5. The Balaban J connectivity index is 1.68. The number of nitrogen functional groups attached to an aromatic ring is 1. The van der Waals surface area contributed by atoms with Crippen molar-refractivity contribution in [3.8, 4) is 5.75 Å². The first-order chi connectivity index (χ1) is 10.6. The number of aromatic nitrogens is 2. The largest absolute Gasteiger partial charge is 0.481 e. The highest BCUT2D eigenvalue weighted by molar-refractivity contribution is 5.81. The van der Waals surface area contributed by atoms with Gasteiger partial charge in [-0.1, -0.05) is 18.2 Å². The number of amides is 1. The normalized spacial score (nSPS) is 15.0. The van der Waals surface area contributed by atoms with Gasteiger partial charge in [-0.05, 0) is 31.0 Å². The van der Waals surface area contributed by atoms with Crippen molar-refractivity contribution in [1.82, 2.24) is 14.9 Å². The van der Waals surface area contributed by atoms with E-state index in [1.54, 1.807) is 18.0 Å². The molecule has 22 heavy (non-hydrogen) atoms. The Morgan fingerprint density at radius 3 is 2.91 bits per heavy atom. The predicted molar refractivity (Wildman–Crippen MR) is 82.1 cm³/mol. The van der Waals surface area contributed by atoms with Gasteiger partial charge in [-0.2, -0.15) is 0 Å². The number of benzene rings is 1. The van der Waals surface area contributed by atoms with Crippen molar-refractivity contribution < 1.29 is 9.53 Å². The summed E-state index contributed by atoms with van der Waals surface area (Å²) < 4.78 is 5.69. The monoisotopic (exact) mass is 298 g/mol. The molecule has 0 radical (unpaired) electrons. The molecule has 0 saturated carbocycles. The van der Waals surface area contributed by atoms with Crippen molar-refractivity contribution in [3.05, 3.63) is 47.8 Å². The Morgan fingerprint density at radius 2 is 2.14 bits per heavy atom. The Morgan fingerprint density at radius 1 is 1.36 bits per heavy atom. The molecule has 2 heterocycles. The van der Waals surface area contributed by atoms with Gasteiger partial charge in [-0.25, -0.2) is 9.97 Å². The Kier molecular flexibility index (Phi) is 3.91. The quantitative estimate of drug-likeness (QED) is 0.926. The molecule has 1 aromatic heterocycles. The van der Waals surface area contributed by atoms with E-state index in [1.807, 2.05) is 30.3 Å². The van der Waals surface area contributed by atoms with E-state index in [2.05, 4.69) is 9.97 Å². The minimum atomic E-state index is -0.539. The first-order valence-electron chi connectivity index (χ1n) is 7.24. The summed E-state index contributed by atoms with van der Waals surface area (Å²) in [5.41, 5.74) is 7.48. The number of rotatable bonds is 3. The van der Waals surface area contributed by atoms with Crippen LogP contribution in [0.2, 0.25) is 0 Å². The van der Waals surface area contributed by atoms with Gasteiger partial charge in [0.2, 0.25) is 5.95 Å². The number of nitrogens with zero attached hydrogens (tertiary/aromatic N) is 3. The summed E-state index contributed by atoms with van der Waals surface area (Å²) in [6.07, 6.45) is 1.94. The SMILES string of the molecule is CC(Oc1ccccc1)C(=O)N1CCc2cnc(N)nc2C1. The number of nitrogens with two attached hydrogens (primary N) is 1. The van der Waals surface area contributed by atoms with E-state index in [1.165, 1.54) is 0 Å².